The summed E-state index contributed by atoms with van der Waals surface area (Å²) in [6.45, 7) is 0.938. The van der Waals surface area contributed by atoms with Crippen LogP contribution in [0, 0.1) is 5.82 Å². The number of carbonyl (C=O) groups excluding carboxylic acids is 1. The standard InChI is InChI=1S/C15H17FN4OS.ClH/c16-13-3-1-2-4-14(13)20-9-12(8-18-20)19-15(21)7-11-10-22-6-5-17-11;/h1-4,8-9,11,17H,5-7,10H2,(H,19,21);1H. The van der Waals surface area contributed by atoms with E-state index in [0.717, 1.165) is 18.1 Å². The Kier molecular flexibility index (Phi) is 6.44. The minimum atomic E-state index is -0.355. The van der Waals surface area contributed by atoms with Crippen LogP contribution in [0.25, 0.3) is 5.69 Å². The number of nitrogens with one attached hydrogen (secondary N) is 2. The fourth-order valence-corrected chi connectivity index (χ4v) is 3.29. The molecule has 8 heteroatoms. The second-order valence-corrected chi connectivity index (χ2v) is 6.25. The van der Waals surface area contributed by atoms with Gasteiger partial charge in [-0.05, 0) is 12.1 Å². The third kappa shape index (κ3) is 4.70. The van der Waals surface area contributed by atoms with Gasteiger partial charge in [0, 0.05) is 30.5 Å². The zero-order valence-corrected chi connectivity index (χ0v) is 14.0. The lowest BCUT2D eigenvalue weighted by atomic mass is 10.2. The molecule has 1 aromatic carbocycles. The highest BCUT2D eigenvalue weighted by molar-refractivity contribution is 7.99. The van der Waals surface area contributed by atoms with Crippen molar-refractivity contribution in [1.82, 2.24) is 15.1 Å². The van der Waals surface area contributed by atoms with Gasteiger partial charge in [-0.15, -0.1) is 12.4 Å². The summed E-state index contributed by atoms with van der Waals surface area (Å²) in [4.78, 5) is 12.0. The van der Waals surface area contributed by atoms with E-state index in [4.69, 9.17) is 0 Å². The molecule has 1 aliphatic rings. The van der Waals surface area contributed by atoms with Gasteiger partial charge in [0.15, 0.2) is 0 Å². The second kappa shape index (κ2) is 8.33. The van der Waals surface area contributed by atoms with Gasteiger partial charge in [0.2, 0.25) is 5.91 Å². The minimum Gasteiger partial charge on any atom is -0.323 e. The van der Waals surface area contributed by atoms with Crippen LogP contribution in [0.4, 0.5) is 10.1 Å². The van der Waals surface area contributed by atoms with Crippen molar-refractivity contribution >= 4 is 35.8 Å². The largest absolute Gasteiger partial charge is 0.323 e. The Morgan fingerprint density at radius 2 is 2.30 bits per heavy atom. The molecule has 1 aromatic heterocycles. The molecule has 0 radical (unpaired) electrons. The van der Waals surface area contributed by atoms with Gasteiger partial charge in [-0.3, -0.25) is 4.79 Å². The van der Waals surface area contributed by atoms with Crippen LogP contribution in [-0.4, -0.2) is 39.8 Å². The zero-order valence-electron chi connectivity index (χ0n) is 12.4. The highest BCUT2D eigenvalue weighted by atomic mass is 35.5. The summed E-state index contributed by atoms with van der Waals surface area (Å²) < 4.78 is 15.1. The normalized spacial score (nSPS) is 17.3. The van der Waals surface area contributed by atoms with Gasteiger partial charge in [0.25, 0.3) is 0 Å². The maximum atomic E-state index is 13.7. The fourth-order valence-electron chi connectivity index (χ4n) is 2.34. The van der Waals surface area contributed by atoms with Gasteiger partial charge in [0.1, 0.15) is 11.5 Å². The first-order chi connectivity index (χ1) is 10.7. The van der Waals surface area contributed by atoms with Gasteiger partial charge < -0.3 is 10.6 Å². The van der Waals surface area contributed by atoms with E-state index in [1.165, 1.54) is 16.9 Å². The number of nitrogens with zero attached hydrogens (tertiary/aromatic N) is 2. The monoisotopic (exact) mass is 356 g/mol. The van der Waals surface area contributed by atoms with E-state index in [2.05, 4.69) is 15.7 Å². The van der Waals surface area contributed by atoms with Crippen molar-refractivity contribution < 1.29 is 9.18 Å². The molecule has 124 valence electrons. The number of anilines is 1. The average molecular weight is 357 g/mol. The number of amides is 1. The Morgan fingerprint density at radius 3 is 3.04 bits per heavy atom. The van der Waals surface area contributed by atoms with E-state index in [-0.39, 0.29) is 30.2 Å². The molecule has 2 aromatic rings. The lowest BCUT2D eigenvalue weighted by Crippen LogP contribution is -2.39. The maximum Gasteiger partial charge on any atom is 0.226 e. The lowest BCUT2D eigenvalue weighted by molar-refractivity contribution is -0.116. The SMILES string of the molecule is Cl.O=C(CC1CSCCN1)Nc1cnn(-c2ccccc2F)c1. The molecular formula is C15H18ClFN4OS. The maximum absolute atomic E-state index is 13.7. The van der Waals surface area contributed by atoms with Gasteiger partial charge >= 0.3 is 0 Å². The molecule has 1 fully saturated rings. The van der Waals surface area contributed by atoms with Gasteiger partial charge in [-0.25, -0.2) is 9.07 Å². The summed E-state index contributed by atoms with van der Waals surface area (Å²) >= 11 is 1.85. The molecule has 0 saturated carbocycles. The van der Waals surface area contributed by atoms with Crippen LogP contribution in [0.5, 0.6) is 0 Å². The van der Waals surface area contributed by atoms with Gasteiger partial charge in [-0.2, -0.15) is 16.9 Å². The predicted octanol–water partition coefficient (Wildman–Crippen LogP) is 2.47. The zero-order chi connectivity index (χ0) is 15.4. The molecule has 2 N–H and O–H groups in total. The van der Waals surface area contributed by atoms with Crippen LogP contribution >= 0.6 is 24.2 Å². The summed E-state index contributed by atoms with van der Waals surface area (Å²) in [5.41, 5.74) is 0.921. The molecule has 5 nitrogen and oxygen atoms in total. The number of hydrogen-bond donors (Lipinski definition) is 2. The van der Waals surface area contributed by atoms with Crippen molar-refractivity contribution in [3.63, 3.8) is 0 Å². The number of thioether (sulfide) groups is 1. The first-order valence-corrected chi connectivity index (χ1v) is 8.28. The number of hydrogen-bond acceptors (Lipinski definition) is 4. The van der Waals surface area contributed by atoms with E-state index >= 15 is 0 Å². The van der Waals surface area contributed by atoms with Gasteiger partial charge in [-0.1, -0.05) is 12.1 Å². The quantitative estimate of drug-likeness (QED) is 0.883. The first-order valence-electron chi connectivity index (χ1n) is 7.13. The topological polar surface area (TPSA) is 59.0 Å². The number of benzene rings is 1. The van der Waals surface area contributed by atoms with Crippen LogP contribution in [0.15, 0.2) is 36.7 Å². The molecule has 2 heterocycles. The summed E-state index contributed by atoms with van der Waals surface area (Å²) in [5.74, 6) is 1.62. The van der Waals surface area contributed by atoms with E-state index in [1.54, 1.807) is 24.4 Å². The Balaban J connectivity index is 0.00000192. The van der Waals surface area contributed by atoms with Crippen LogP contribution in [0.3, 0.4) is 0 Å². The highest BCUT2D eigenvalue weighted by Gasteiger charge is 2.17. The third-order valence-corrected chi connectivity index (χ3v) is 4.53. The number of carbonyl (C=O) groups is 1. The van der Waals surface area contributed by atoms with Gasteiger partial charge in [0.05, 0.1) is 18.1 Å². The Labute approximate surface area is 144 Å². The molecule has 1 aliphatic heterocycles. The number of para-hydroxylation sites is 1. The predicted molar refractivity (Wildman–Crippen MR) is 93.1 cm³/mol. The van der Waals surface area contributed by atoms with Crippen molar-refractivity contribution in [2.75, 3.05) is 23.4 Å². The minimum absolute atomic E-state index is 0. The number of aromatic nitrogens is 2. The van der Waals surface area contributed by atoms with E-state index in [1.807, 2.05) is 11.8 Å². The molecule has 3 rings (SSSR count). The molecule has 1 amide bonds. The molecule has 23 heavy (non-hydrogen) atoms. The Bertz CT molecular complexity index is 660. The summed E-state index contributed by atoms with van der Waals surface area (Å²) in [6, 6.07) is 6.59. The summed E-state index contributed by atoms with van der Waals surface area (Å²) in [5, 5.41) is 10.2. The number of halogens is 2. The molecule has 0 bridgehead atoms. The van der Waals surface area contributed by atoms with E-state index in [9.17, 15) is 9.18 Å². The molecule has 1 unspecified atom stereocenters. The van der Waals surface area contributed by atoms with E-state index in [0.29, 0.717) is 17.8 Å². The van der Waals surface area contributed by atoms with Crippen molar-refractivity contribution in [1.29, 1.82) is 0 Å². The summed E-state index contributed by atoms with van der Waals surface area (Å²) in [6.07, 6.45) is 3.56. The highest BCUT2D eigenvalue weighted by Crippen LogP contribution is 2.16. The van der Waals surface area contributed by atoms with Crippen LogP contribution in [0.1, 0.15) is 6.42 Å². The smallest absolute Gasteiger partial charge is 0.226 e. The molecule has 1 saturated heterocycles. The number of rotatable bonds is 4. The van der Waals surface area contributed by atoms with Crippen LogP contribution in [0.2, 0.25) is 0 Å². The Hall–Kier alpha value is -1.57. The molecular weight excluding hydrogens is 339 g/mol. The average Bonchev–Trinajstić information content (AvgIpc) is 2.97. The van der Waals surface area contributed by atoms with Crippen molar-refractivity contribution in [3.05, 3.63) is 42.5 Å². The third-order valence-electron chi connectivity index (χ3n) is 3.40. The summed E-state index contributed by atoms with van der Waals surface area (Å²) in [7, 11) is 0. The van der Waals surface area contributed by atoms with Crippen molar-refractivity contribution in [3.8, 4) is 5.69 Å². The second-order valence-electron chi connectivity index (χ2n) is 5.10. The van der Waals surface area contributed by atoms with Crippen molar-refractivity contribution in [2.24, 2.45) is 0 Å². The molecule has 1 atom stereocenters. The van der Waals surface area contributed by atoms with E-state index < -0.39 is 0 Å². The molecule has 0 spiro atoms. The molecule has 0 aliphatic carbocycles. The lowest BCUT2D eigenvalue weighted by Gasteiger charge is -2.22. The Morgan fingerprint density at radius 1 is 1.48 bits per heavy atom. The fraction of sp³-hybridized carbons (Fsp3) is 0.333. The van der Waals surface area contributed by atoms with Crippen molar-refractivity contribution in [2.45, 2.75) is 12.5 Å². The first kappa shape index (κ1) is 17.8. The van der Waals surface area contributed by atoms with Crippen LogP contribution < -0.4 is 10.6 Å². The van der Waals surface area contributed by atoms with Crippen LogP contribution in [-0.2, 0) is 4.79 Å².